The molecule has 1 unspecified atom stereocenters. The Morgan fingerprint density at radius 1 is 1.60 bits per heavy atom. The minimum atomic E-state index is 0.00111. The first-order chi connectivity index (χ1) is 4.63. The number of hydrogen-bond donors (Lipinski definition) is 1. The molecule has 0 aromatic rings. The maximum Gasteiger partial charge on any atom is 0.239 e. The van der Waals surface area contributed by atoms with Crippen molar-refractivity contribution in [3.8, 4) is 0 Å². The van der Waals surface area contributed by atoms with Crippen LogP contribution in [0.2, 0.25) is 0 Å². The van der Waals surface area contributed by atoms with E-state index in [-0.39, 0.29) is 11.9 Å². The molecule has 1 aliphatic rings. The van der Waals surface area contributed by atoms with Crippen molar-refractivity contribution in [2.45, 2.75) is 25.9 Å². The molecule has 0 aromatic heterocycles. The Balaban J connectivity index is 2.60. The first-order valence-corrected chi connectivity index (χ1v) is 3.63. The number of piperazine rings is 1. The van der Waals surface area contributed by atoms with Crippen LogP contribution < -0.4 is 5.32 Å². The van der Waals surface area contributed by atoms with E-state index in [2.05, 4.69) is 5.32 Å². The zero-order chi connectivity index (χ0) is 7.72. The minimum Gasteiger partial charge on any atom is -0.340 e. The van der Waals surface area contributed by atoms with Crippen molar-refractivity contribution in [2.75, 3.05) is 13.6 Å². The lowest BCUT2D eigenvalue weighted by molar-refractivity contribution is -0.135. The summed E-state index contributed by atoms with van der Waals surface area (Å²) in [7, 11) is 1.85. The van der Waals surface area contributed by atoms with Gasteiger partial charge in [0, 0.05) is 19.6 Å². The van der Waals surface area contributed by atoms with Crippen molar-refractivity contribution >= 4 is 5.91 Å². The Hall–Kier alpha value is -0.570. The fourth-order valence-electron chi connectivity index (χ4n) is 1.09. The van der Waals surface area contributed by atoms with Crippen molar-refractivity contribution in [3.05, 3.63) is 0 Å². The van der Waals surface area contributed by atoms with E-state index in [9.17, 15) is 4.79 Å². The van der Waals surface area contributed by atoms with Gasteiger partial charge in [0.1, 0.15) is 0 Å². The Bertz CT molecular complexity index is 147. The summed E-state index contributed by atoms with van der Waals surface area (Å²) in [4.78, 5) is 13.0. The van der Waals surface area contributed by atoms with Crippen LogP contribution in [-0.4, -0.2) is 36.5 Å². The van der Waals surface area contributed by atoms with Gasteiger partial charge in [0.05, 0.1) is 6.04 Å². The van der Waals surface area contributed by atoms with Crippen LogP contribution >= 0.6 is 0 Å². The highest BCUT2D eigenvalue weighted by atomic mass is 16.2. The lowest BCUT2D eigenvalue weighted by Crippen LogP contribution is -2.56. The molecule has 0 radical (unpaired) electrons. The van der Waals surface area contributed by atoms with Crippen LogP contribution in [0.15, 0.2) is 0 Å². The van der Waals surface area contributed by atoms with Crippen LogP contribution in [0.5, 0.6) is 0 Å². The van der Waals surface area contributed by atoms with Crippen molar-refractivity contribution < 1.29 is 4.79 Å². The largest absolute Gasteiger partial charge is 0.340 e. The van der Waals surface area contributed by atoms with E-state index in [1.54, 1.807) is 4.90 Å². The molecule has 2 atom stereocenters. The maximum atomic E-state index is 11.2. The zero-order valence-corrected chi connectivity index (χ0v) is 6.72. The molecule has 0 aliphatic carbocycles. The Morgan fingerprint density at radius 2 is 2.20 bits per heavy atom. The number of amides is 1. The molecule has 0 spiro atoms. The molecule has 1 aliphatic heterocycles. The molecule has 0 bridgehead atoms. The van der Waals surface area contributed by atoms with E-state index >= 15 is 0 Å². The molecule has 1 N–H and O–H groups in total. The Labute approximate surface area is 61.4 Å². The number of rotatable bonds is 0. The fraction of sp³-hybridized carbons (Fsp3) is 0.857. The molecule has 1 saturated heterocycles. The third-order valence-corrected chi connectivity index (χ3v) is 2.10. The van der Waals surface area contributed by atoms with Crippen molar-refractivity contribution in [3.63, 3.8) is 0 Å². The summed E-state index contributed by atoms with van der Waals surface area (Å²) in [5.74, 6) is 0.193. The zero-order valence-electron chi connectivity index (χ0n) is 6.72. The average Bonchev–Trinajstić information content (AvgIpc) is 1.93. The smallest absolute Gasteiger partial charge is 0.239 e. The van der Waals surface area contributed by atoms with Gasteiger partial charge in [0.15, 0.2) is 0 Å². The van der Waals surface area contributed by atoms with Gasteiger partial charge >= 0.3 is 0 Å². The van der Waals surface area contributed by atoms with E-state index < -0.39 is 0 Å². The molecule has 3 heteroatoms. The van der Waals surface area contributed by atoms with Gasteiger partial charge in [-0.25, -0.2) is 0 Å². The van der Waals surface area contributed by atoms with Crippen LogP contribution in [0.3, 0.4) is 0 Å². The number of carbonyl (C=O) groups is 1. The van der Waals surface area contributed by atoms with Crippen molar-refractivity contribution in [1.29, 1.82) is 0 Å². The fourth-order valence-corrected chi connectivity index (χ4v) is 1.09. The number of carbonyl (C=O) groups excluding carboxylic acids is 1. The second-order valence-corrected chi connectivity index (χ2v) is 2.93. The molecule has 10 heavy (non-hydrogen) atoms. The highest BCUT2D eigenvalue weighted by Crippen LogP contribution is 2.03. The predicted molar refractivity (Wildman–Crippen MR) is 39.7 cm³/mol. The van der Waals surface area contributed by atoms with E-state index in [1.165, 1.54) is 0 Å². The van der Waals surface area contributed by atoms with Gasteiger partial charge in [0.2, 0.25) is 5.91 Å². The van der Waals surface area contributed by atoms with Crippen molar-refractivity contribution in [2.24, 2.45) is 0 Å². The monoisotopic (exact) mass is 142 g/mol. The number of likely N-dealkylation sites (N-methyl/N-ethyl adjacent to an activating group) is 1. The molecule has 0 saturated carbocycles. The van der Waals surface area contributed by atoms with Gasteiger partial charge in [0.25, 0.3) is 0 Å². The summed E-state index contributed by atoms with van der Waals surface area (Å²) in [6.45, 7) is 4.84. The molecule has 1 rings (SSSR count). The van der Waals surface area contributed by atoms with Gasteiger partial charge in [-0.1, -0.05) is 0 Å². The van der Waals surface area contributed by atoms with Crippen molar-refractivity contribution in [1.82, 2.24) is 10.2 Å². The van der Waals surface area contributed by atoms with E-state index in [0.717, 1.165) is 6.54 Å². The Kier molecular flexibility index (Phi) is 1.94. The van der Waals surface area contributed by atoms with Gasteiger partial charge in [-0.15, -0.1) is 0 Å². The summed E-state index contributed by atoms with van der Waals surface area (Å²) in [5, 5.41) is 3.12. The summed E-state index contributed by atoms with van der Waals surface area (Å²) in [6, 6.07) is 0.338. The van der Waals surface area contributed by atoms with Crippen LogP contribution in [0, 0.1) is 0 Å². The normalized spacial score (nSPS) is 34.7. The number of hydrogen-bond acceptors (Lipinski definition) is 2. The van der Waals surface area contributed by atoms with Gasteiger partial charge in [-0.05, 0) is 13.8 Å². The van der Waals surface area contributed by atoms with Crippen LogP contribution in [0.1, 0.15) is 13.8 Å². The lowest BCUT2D eigenvalue weighted by atomic mass is 10.1. The van der Waals surface area contributed by atoms with E-state index in [1.807, 2.05) is 20.9 Å². The second-order valence-electron chi connectivity index (χ2n) is 2.93. The van der Waals surface area contributed by atoms with E-state index in [4.69, 9.17) is 0 Å². The lowest BCUT2D eigenvalue weighted by Gasteiger charge is -2.34. The molecule has 0 aromatic carbocycles. The van der Waals surface area contributed by atoms with E-state index in [0.29, 0.717) is 6.04 Å². The SMILES string of the molecule is CC1CN[C@@H](C)C(=O)N1C. The summed E-state index contributed by atoms with van der Waals surface area (Å²) < 4.78 is 0. The molecule has 1 amide bonds. The highest BCUT2D eigenvalue weighted by molar-refractivity contribution is 5.82. The first-order valence-electron chi connectivity index (χ1n) is 3.63. The van der Waals surface area contributed by atoms with Gasteiger partial charge < -0.3 is 10.2 Å². The number of nitrogens with one attached hydrogen (secondary N) is 1. The minimum absolute atomic E-state index is 0.00111. The Morgan fingerprint density at radius 3 is 2.70 bits per heavy atom. The second kappa shape index (κ2) is 2.58. The molecule has 1 fully saturated rings. The molecular weight excluding hydrogens is 128 g/mol. The molecular formula is C7H14N2O. The average molecular weight is 142 g/mol. The summed E-state index contributed by atoms with van der Waals surface area (Å²) in [6.07, 6.45) is 0. The van der Waals surface area contributed by atoms with Gasteiger partial charge in [-0.3, -0.25) is 4.79 Å². The first kappa shape index (κ1) is 7.54. The van der Waals surface area contributed by atoms with Gasteiger partial charge in [-0.2, -0.15) is 0 Å². The van der Waals surface area contributed by atoms with Crippen LogP contribution in [0.4, 0.5) is 0 Å². The summed E-state index contributed by atoms with van der Waals surface area (Å²) >= 11 is 0. The standard InChI is InChI=1S/C7H14N2O/c1-5-4-8-6(2)7(10)9(5)3/h5-6,8H,4H2,1-3H3/t5?,6-/m0/s1. The third-order valence-electron chi connectivity index (χ3n) is 2.10. The maximum absolute atomic E-state index is 11.2. The number of nitrogens with zero attached hydrogens (tertiary/aromatic N) is 1. The summed E-state index contributed by atoms with van der Waals surface area (Å²) in [5.41, 5.74) is 0. The topological polar surface area (TPSA) is 32.3 Å². The van der Waals surface area contributed by atoms with Crippen LogP contribution in [-0.2, 0) is 4.79 Å². The molecule has 3 nitrogen and oxygen atoms in total. The molecule has 58 valence electrons. The highest BCUT2D eigenvalue weighted by Gasteiger charge is 2.26. The molecule has 1 heterocycles. The third kappa shape index (κ3) is 1.14. The quantitative estimate of drug-likeness (QED) is 0.509. The van der Waals surface area contributed by atoms with Crippen LogP contribution in [0.25, 0.3) is 0 Å². The predicted octanol–water partition coefficient (Wildman–Crippen LogP) is -0.175.